The molecule has 6 heteroatoms. The number of ether oxygens (including phenoxy) is 1. The molecule has 1 N–H and O–H groups in total. The topological polar surface area (TPSA) is 68.5 Å². The van der Waals surface area contributed by atoms with E-state index in [-0.39, 0.29) is 29.3 Å². The lowest BCUT2D eigenvalue weighted by Crippen LogP contribution is -2.18. The van der Waals surface area contributed by atoms with E-state index in [1.54, 1.807) is 18.2 Å². The molecule has 0 spiro atoms. The minimum atomic E-state index is -0.382. The van der Waals surface area contributed by atoms with Gasteiger partial charge in [0.25, 0.3) is 0 Å². The molecule has 3 aromatic carbocycles. The summed E-state index contributed by atoms with van der Waals surface area (Å²) in [6, 6.07) is 16.3. The van der Waals surface area contributed by atoms with Crippen molar-refractivity contribution in [2.45, 2.75) is 46.5 Å². The Kier molecular flexibility index (Phi) is 6.96. The van der Waals surface area contributed by atoms with Crippen LogP contribution in [0.4, 0.5) is 5.69 Å². The first kappa shape index (κ1) is 25.5. The highest BCUT2D eigenvalue weighted by molar-refractivity contribution is 6.32. The highest BCUT2D eigenvalue weighted by Crippen LogP contribution is 2.34. The number of anilines is 1. The third kappa shape index (κ3) is 5.02. The van der Waals surface area contributed by atoms with Crippen molar-refractivity contribution in [1.29, 1.82) is 0 Å². The van der Waals surface area contributed by atoms with Crippen molar-refractivity contribution < 1.29 is 18.7 Å². The summed E-state index contributed by atoms with van der Waals surface area (Å²) in [6.45, 7) is 10.6. The van der Waals surface area contributed by atoms with E-state index in [0.29, 0.717) is 33.0 Å². The molecule has 0 aliphatic heterocycles. The number of fused-ring (bicyclic) bond motifs is 1. The van der Waals surface area contributed by atoms with Gasteiger partial charge < -0.3 is 14.5 Å². The zero-order valence-corrected chi connectivity index (χ0v) is 22.2. The Hall–Kier alpha value is -3.57. The molecule has 36 heavy (non-hydrogen) atoms. The predicted molar refractivity (Wildman–Crippen MR) is 145 cm³/mol. The minimum absolute atomic E-state index is 0.0195. The second-order valence-corrected chi connectivity index (χ2v) is 10.5. The fraction of sp³-hybridized carbons (Fsp3) is 0.267. The molecule has 1 amide bonds. The minimum Gasteiger partial charge on any atom is -0.495 e. The fourth-order valence-electron chi connectivity index (χ4n) is 4.32. The first-order valence-corrected chi connectivity index (χ1v) is 12.2. The molecular formula is C30H30ClNO4. The van der Waals surface area contributed by atoms with Gasteiger partial charge in [-0.05, 0) is 71.8 Å². The molecule has 1 aromatic heterocycles. The molecule has 5 nitrogen and oxygen atoms in total. The number of furan rings is 1. The van der Waals surface area contributed by atoms with Crippen LogP contribution >= 0.6 is 11.6 Å². The number of carbonyl (C=O) groups is 2. The highest BCUT2D eigenvalue weighted by atomic mass is 35.5. The number of ketones is 1. The van der Waals surface area contributed by atoms with Gasteiger partial charge in [0.05, 0.1) is 24.2 Å². The first-order chi connectivity index (χ1) is 17.0. The Bertz CT molecular complexity index is 1450. The average molecular weight is 504 g/mol. The van der Waals surface area contributed by atoms with Crippen molar-refractivity contribution in [2.24, 2.45) is 0 Å². The lowest BCUT2D eigenvalue weighted by Gasteiger charge is -2.22. The molecule has 0 saturated carbocycles. The van der Waals surface area contributed by atoms with Gasteiger partial charge >= 0.3 is 0 Å². The van der Waals surface area contributed by atoms with Gasteiger partial charge in [-0.3, -0.25) is 9.59 Å². The number of hydrogen-bond acceptors (Lipinski definition) is 4. The zero-order chi connectivity index (χ0) is 26.2. The van der Waals surface area contributed by atoms with Crippen LogP contribution in [0.3, 0.4) is 0 Å². The van der Waals surface area contributed by atoms with Crippen molar-refractivity contribution in [2.75, 3.05) is 12.4 Å². The molecule has 186 valence electrons. The van der Waals surface area contributed by atoms with Crippen LogP contribution in [0.1, 0.15) is 59.1 Å². The molecule has 0 aliphatic carbocycles. The summed E-state index contributed by atoms with van der Waals surface area (Å²) in [5.74, 6) is -0.0807. The number of amides is 1. The van der Waals surface area contributed by atoms with Gasteiger partial charge in [0.1, 0.15) is 11.3 Å². The number of methoxy groups -OCH3 is 1. The van der Waals surface area contributed by atoms with Gasteiger partial charge in [-0.2, -0.15) is 0 Å². The number of benzene rings is 3. The van der Waals surface area contributed by atoms with Gasteiger partial charge in [-0.25, -0.2) is 0 Å². The molecular weight excluding hydrogens is 474 g/mol. The van der Waals surface area contributed by atoms with E-state index < -0.39 is 0 Å². The molecule has 0 unspecified atom stereocenters. The van der Waals surface area contributed by atoms with Crippen molar-refractivity contribution in [1.82, 2.24) is 0 Å². The normalized spacial score (nSPS) is 11.5. The maximum absolute atomic E-state index is 13.4. The third-order valence-electron chi connectivity index (χ3n) is 6.38. The van der Waals surface area contributed by atoms with Crippen LogP contribution in [0, 0.1) is 13.8 Å². The Morgan fingerprint density at radius 3 is 2.28 bits per heavy atom. The Labute approximate surface area is 216 Å². The highest BCUT2D eigenvalue weighted by Gasteiger charge is 2.25. The van der Waals surface area contributed by atoms with Gasteiger partial charge in [-0.1, -0.05) is 56.6 Å². The molecule has 0 atom stereocenters. The quantitative estimate of drug-likeness (QED) is 0.278. The molecule has 0 radical (unpaired) electrons. The summed E-state index contributed by atoms with van der Waals surface area (Å²) in [5.41, 5.74) is 5.56. The third-order valence-corrected chi connectivity index (χ3v) is 6.67. The number of rotatable bonds is 6. The molecule has 0 saturated heterocycles. The van der Waals surface area contributed by atoms with E-state index >= 15 is 0 Å². The number of halogens is 1. The summed E-state index contributed by atoms with van der Waals surface area (Å²) in [5, 5.41) is 3.93. The number of hydrogen-bond donors (Lipinski definition) is 1. The lowest BCUT2D eigenvalue weighted by molar-refractivity contribution is -0.115. The van der Waals surface area contributed by atoms with Crippen LogP contribution in [-0.4, -0.2) is 18.8 Å². The first-order valence-electron chi connectivity index (χ1n) is 11.8. The summed E-state index contributed by atoms with van der Waals surface area (Å²) < 4.78 is 11.1. The molecule has 4 rings (SSSR count). The largest absolute Gasteiger partial charge is 0.495 e. The fourth-order valence-corrected chi connectivity index (χ4v) is 4.58. The van der Waals surface area contributed by atoms with E-state index in [4.69, 9.17) is 20.8 Å². The predicted octanol–water partition coefficient (Wildman–Crippen LogP) is 7.42. The lowest BCUT2D eigenvalue weighted by atomic mass is 9.83. The van der Waals surface area contributed by atoms with E-state index in [2.05, 4.69) is 38.2 Å². The standard InChI is InChI=1S/C30H30ClNO4/c1-17-13-20(30(3,4)5)14-18(2)22(17)16-26(33)32-27-21-9-7-8-10-24(21)36-29(27)28(34)19-11-12-25(35-6)23(31)15-19/h7-15H,16H2,1-6H3,(H,32,33). The van der Waals surface area contributed by atoms with Gasteiger partial charge in [0.2, 0.25) is 11.7 Å². The number of carbonyl (C=O) groups excluding carboxylic acids is 2. The summed E-state index contributed by atoms with van der Waals surface area (Å²) in [6.07, 6.45) is 0.184. The average Bonchev–Trinajstić information content (AvgIpc) is 3.18. The van der Waals surface area contributed by atoms with Crippen LogP contribution < -0.4 is 10.1 Å². The SMILES string of the molecule is COc1ccc(C(=O)c2oc3ccccc3c2NC(=O)Cc2c(C)cc(C(C)(C)C)cc2C)cc1Cl. The molecule has 4 aromatic rings. The van der Waals surface area contributed by atoms with Crippen molar-refractivity contribution in [3.63, 3.8) is 0 Å². The Balaban J connectivity index is 1.68. The van der Waals surface area contributed by atoms with Gasteiger partial charge in [-0.15, -0.1) is 0 Å². The maximum atomic E-state index is 13.4. The van der Waals surface area contributed by atoms with Crippen LogP contribution in [0.25, 0.3) is 11.0 Å². The van der Waals surface area contributed by atoms with E-state index in [1.165, 1.54) is 18.7 Å². The van der Waals surface area contributed by atoms with E-state index in [0.717, 1.165) is 16.7 Å². The Morgan fingerprint density at radius 2 is 1.67 bits per heavy atom. The summed E-state index contributed by atoms with van der Waals surface area (Å²) >= 11 is 6.25. The van der Waals surface area contributed by atoms with Crippen LogP contribution in [0.15, 0.2) is 59.0 Å². The molecule has 0 bridgehead atoms. The van der Waals surface area contributed by atoms with Gasteiger partial charge in [0.15, 0.2) is 5.76 Å². The zero-order valence-electron chi connectivity index (χ0n) is 21.4. The van der Waals surface area contributed by atoms with E-state index in [9.17, 15) is 9.59 Å². The van der Waals surface area contributed by atoms with Crippen LogP contribution in [-0.2, 0) is 16.6 Å². The molecule has 1 heterocycles. The van der Waals surface area contributed by atoms with Crippen LogP contribution in [0.2, 0.25) is 5.02 Å². The summed E-state index contributed by atoms with van der Waals surface area (Å²) in [4.78, 5) is 26.7. The number of aryl methyl sites for hydroxylation is 2. The van der Waals surface area contributed by atoms with Crippen molar-refractivity contribution in [3.05, 3.63) is 93.2 Å². The Morgan fingerprint density at radius 1 is 1.00 bits per heavy atom. The van der Waals surface area contributed by atoms with Crippen LogP contribution in [0.5, 0.6) is 5.75 Å². The van der Waals surface area contributed by atoms with E-state index in [1.807, 2.05) is 32.0 Å². The van der Waals surface area contributed by atoms with Crippen molar-refractivity contribution >= 4 is 39.9 Å². The maximum Gasteiger partial charge on any atom is 0.230 e. The van der Waals surface area contributed by atoms with Gasteiger partial charge in [0, 0.05) is 10.9 Å². The summed E-state index contributed by atoms with van der Waals surface area (Å²) in [7, 11) is 1.51. The second kappa shape index (κ2) is 9.82. The van der Waals surface area contributed by atoms with Crippen molar-refractivity contribution in [3.8, 4) is 5.75 Å². The molecule has 0 aliphatic rings. The smallest absolute Gasteiger partial charge is 0.230 e. The number of nitrogens with one attached hydrogen (secondary N) is 1. The molecule has 0 fully saturated rings. The number of para-hydroxylation sites is 1. The monoisotopic (exact) mass is 503 g/mol. The second-order valence-electron chi connectivity index (χ2n) is 10.0.